The molecule has 7 nitrogen and oxygen atoms in total. The van der Waals surface area contributed by atoms with Crippen LogP contribution in [0.4, 0.5) is 10.5 Å². The lowest BCUT2D eigenvalue weighted by Gasteiger charge is -2.20. The van der Waals surface area contributed by atoms with E-state index in [-0.39, 0.29) is 11.3 Å². The maximum atomic E-state index is 11.9. The monoisotopic (exact) mass is 338 g/mol. The molecule has 1 heterocycles. The maximum absolute atomic E-state index is 11.9. The summed E-state index contributed by atoms with van der Waals surface area (Å²) in [5, 5.41) is 15.5. The molecule has 0 saturated carbocycles. The number of nitrogens with one attached hydrogen (secondary N) is 1. The van der Waals surface area contributed by atoms with Crippen LogP contribution in [0.3, 0.4) is 0 Å². The van der Waals surface area contributed by atoms with Gasteiger partial charge in [-0.05, 0) is 39.0 Å². The lowest BCUT2D eigenvalue weighted by Crippen LogP contribution is -2.27. The summed E-state index contributed by atoms with van der Waals surface area (Å²) in [7, 11) is 0. The summed E-state index contributed by atoms with van der Waals surface area (Å²) >= 11 is 5.96. The van der Waals surface area contributed by atoms with Crippen LogP contribution in [-0.4, -0.2) is 27.9 Å². The molecule has 2 N–H and O–H groups in total. The van der Waals surface area contributed by atoms with Crippen LogP contribution < -0.4 is 5.32 Å². The number of hydrogen-bond acceptors (Lipinski definition) is 5. The molecule has 23 heavy (non-hydrogen) atoms. The van der Waals surface area contributed by atoms with Gasteiger partial charge in [0.25, 0.3) is 0 Å². The summed E-state index contributed by atoms with van der Waals surface area (Å²) in [6.07, 6.45) is 0.396. The zero-order valence-corrected chi connectivity index (χ0v) is 13.5. The fourth-order valence-corrected chi connectivity index (χ4v) is 1.99. The van der Waals surface area contributed by atoms with Gasteiger partial charge in [0.05, 0.1) is 11.9 Å². The van der Waals surface area contributed by atoms with Crippen molar-refractivity contribution in [3.8, 4) is 11.3 Å². The minimum atomic E-state index is -1.20. The summed E-state index contributed by atoms with van der Waals surface area (Å²) in [6, 6.07) is 4.55. The molecule has 0 bridgehead atoms. The largest absolute Gasteiger partial charge is 0.477 e. The van der Waals surface area contributed by atoms with E-state index in [4.69, 9.17) is 26.0 Å². The van der Waals surface area contributed by atoms with E-state index in [2.05, 4.69) is 10.5 Å². The standard InChI is InChI=1S/C15H15ClN2O5/c1-15(2,3)22-14(21)18-11-5-4-8(16)6-9(11)12-10(13(19)20)7-17-23-12/h4-7H,1-3H3,(H,18,21)(H,19,20). The summed E-state index contributed by atoms with van der Waals surface area (Å²) in [6.45, 7) is 5.19. The van der Waals surface area contributed by atoms with Crippen molar-refractivity contribution in [2.45, 2.75) is 26.4 Å². The first-order valence-corrected chi connectivity index (χ1v) is 7.03. The number of nitrogens with zero attached hydrogens (tertiary/aromatic N) is 1. The van der Waals surface area contributed by atoms with Gasteiger partial charge in [0.2, 0.25) is 0 Å². The number of hydrogen-bond donors (Lipinski definition) is 2. The van der Waals surface area contributed by atoms with Gasteiger partial charge in [-0.2, -0.15) is 0 Å². The summed E-state index contributed by atoms with van der Waals surface area (Å²) in [4.78, 5) is 23.1. The van der Waals surface area contributed by atoms with Crippen LogP contribution in [0.2, 0.25) is 5.02 Å². The van der Waals surface area contributed by atoms with Gasteiger partial charge < -0.3 is 14.4 Å². The number of carboxylic acid groups (broad SMARTS) is 1. The van der Waals surface area contributed by atoms with Crippen LogP contribution in [0.1, 0.15) is 31.1 Å². The molecule has 0 aliphatic rings. The van der Waals surface area contributed by atoms with E-state index in [0.717, 1.165) is 6.20 Å². The topological polar surface area (TPSA) is 102 Å². The number of halogens is 1. The second-order valence-corrected chi connectivity index (χ2v) is 6.13. The molecule has 0 aliphatic carbocycles. The van der Waals surface area contributed by atoms with E-state index in [1.54, 1.807) is 26.8 Å². The SMILES string of the molecule is CC(C)(C)OC(=O)Nc1ccc(Cl)cc1-c1oncc1C(=O)O. The zero-order chi connectivity index (χ0) is 17.2. The van der Waals surface area contributed by atoms with Crippen molar-refractivity contribution in [1.82, 2.24) is 5.16 Å². The molecule has 1 aromatic carbocycles. The number of ether oxygens (including phenoxy) is 1. The number of carbonyl (C=O) groups is 2. The predicted octanol–water partition coefficient (Wildman–Crippen LogP) is 4.04. The third-order valence-electron chi connectivity index (χ3n) is 2.66. The predicted molar refractivity (Wildman–Crippen MR) is 83.8 cm³/mol. The highest BCUT2D eigenvalue weighted by atomic mass is 35.5. The van der Waals surface area contributed by atoms with E-state index in [1.807, 2.05) is 0 Å². The minimum absolute atomic E-state index is 0.00828. The van der Waals surface area contributed by atoms with Crippen LogP contribution in [0, 0.1) is 0 Å². The summed E-state index contributed by atoms with van der Waals surface area (Å²) < 4.78 is 10.2. The number of carbonyl (C=O) groups excluding carboxylic acids is 1. The van der Waals surface area contributed by atoms with Crippen molar-refractivity contribution in [2.24, 2.45) is 0 Å². The van der Waals surface area contributed by atoms with Crippen molar-refractivity contribution in [1.29, 1.82) is 0 Å². The quantitative estimate of drug-likeness (QED) is 0.875. The van der Waals surface area contributed by atoms with Gasteiger partial charge in [-0.25, -0.2) is 9.59 Å². The molecule has 0 unspecified atom stereocenters. The number of aromatic nitrogens is 1. The van der Waals surface area contributed by atoms with Gasteiger partial charge in [0, 0.05) is 10.6 Å². The number of rotatable bonds is 3. The number of amides is 1. The van der Waals surface area contributed by atoms with E-state index in [9.17, 15) is 9.59 Å². The van der Waals surface area contributed by atoms with Crippen molar-refractivity contribution in [2.75, 3.05) is 5.32 Å². The van der Waals surface area contributed by atoms with Gasteiger partial charge in [0.1, 0.15) is 11.2 Å². The van der Waals surface area contributed by atoms with Gasteiger partial charge in [-0.15, -0.1) is 0 Å². The Morgan fingerprint density at radius 3 is 2.65 bits per heavy atom. The highest BCUT2D eigenvalue weighted by Crippen LogP contribution is 2.33. The fourth-order valence-electron chi connectivity index (χ4n) is 1.81. The highest BCUT2D eigenvalue weighted by molar-refractivity contribution is 6.31. The van der Waals surface area contributed by atoms with Crippen LogP contribution in [0.5, 0.6) is 0 Å². The normalized spacial score (nSPS) is 11.1. The molecule has 0 aliphatic heterocycles. The Balaban J connectivity index is 2.40. The average molecular weight is 339 g/mol. The van der Waals surface area contributed by atoms with Crippen LogP contribution in [0.25, 0.3) is 11.3 Å². The van der Waals surface area contributed by atoms with Crippen LogP contribution in [0.15, 0.2) is 28.9 Å². The second-order valence-electron chi connectivity index (χ2n) is 5.69. The van der Waals surface area contributed by atoms with E-state index >= 15 is 0 Å². The molecule has 8 heteroatoms. The summed E-state index contributed by atoms with van der Waals surface area (Å²) in [5.41, 5.74) is -0.226. The van der Waals surface area contributed by atoms with E-state index in [1.165, 1.54) is 12.1 Å². The zero-order valence-electron chi connectivity index (χ0n) is 12.7. The van der Waals surface area contributed by atoms with Crippen LogP contribution >= 0.6 is 11.6 Å². The average Bonchev–Trinajstić information content (AvgIpc) is 2.87. The fraction of sp³-hybridized carbons (Fsp3) is 0.267. The molecule has 0 atom stereocenters. The Hall–Kier alpha value is -2.54. The van der Waals surface area contributed by atoms with Gasteiger partial charge in [-0.1, -0.05) is 16.8 Å². The van der Waals surface area contributed by atoms with E-state index in [0.29, 0.717) is 16.3 Å². The highest BCUT2D eigenvalue weighted by Gasteiger charge is 2.22. The maximum Gasteiger partial charge on any atom is 0.412 e. The van der Waals surface area contributed by atoms with Gasteiger partial charge >= 0.3 is 12.1 Å². The molecule has 2 aromatic rings. The van der Waals surface area contributed by atoms with E-state index < -0.39 is 17.7 Å². The first-order chi connectivity index (χ1) is 10.7. The Kier molecular flexibility index (Phi) is 4.60. The number of anilines is 1. The lowest BCUT2D eigenvalue weighted by atomic mass is 10.1. The first-order valence-electron chi connectivity index (χ1n) is 6.65. The number of benzene rings is 1. The van der Waals surface area contributed by atoms with Crippen molar-refractivity contribution < 1.29 is 24.0 Å². The molecule has 2 rings (SSSR count). The Bertz CT molecular complexity index is 749. The van der Waals surface area contributed by atoms with Gasteiger partial charge in [0.15, 0.2) is 5.76 Å². The molecular weight excluding hydrogens is 324 g/mol. The Morgan fingerprint density at radius 2 is 2.04 bits per heavy atom. The molecular formula is C15H15ClN2O5. The Morgan fingerprint density at radius 1 is 1.35 bits per heavy atom. The molecule has 0 spiro atoms. The molecule has 0 saturated heterocycles. The summed E-state index contributed by atoms with van der Waals surface area (Å²) in [5.74, 6) is -1.21. The van der Waals surface area contributed by atoms with Crippen molar-refractivity contribution in [3.05, 3.63) is 35.0 Å². The molecule has 1 amide bonds. The number of aromatic carboxylic acids is 1. The third-order valence-corrected chi connectivity index (χ3v) is 2.90. The van der Waals surface area contributed by atoms with Crippen molar-refractivity contribution in [3.63, 3.8) is 0 Å². The molecule has 0 radical (unpaired) electrons. The molecule has 122 valence electrons. The molecule has 1 aromatic heterocycles. The Labute approximate surface area is 137 Å². The van der Waals surface area contributed by atoms with Gasteiger partial charge in [-0.3, -0.25) is 5.32 Å². The first kappa shape index (κ1) is 16.8. The molecule has 0 fully saturated rings. The lowest BCUT2D eigenvalue weighted by molar-refractivity contribution is 0.0634. The van der Waals surface area contributed by atoms with Crippen LogP contribution in [-0.2, 0) is 4.74 Å². The number of carboxylic acids is 1. The van der Waals surface area contributed by atoms with Crippen molar-refractivity contribution >= 4 is 29.4 Å². The third kappa shape index (κ3) is 4.23. The minimum Gasteiger partial charge on any atom is -0.477 e. The smallest absolute Gasteiger partial charge is 0.412 e. The second kappa shape index (κ2) is 6.29.